The Morgan fingerprint density at radius 2 is 2.29 bits per heavy atom. The maximum atomic E-state index is 3.35. The Kier molecular flexibility index (Phi) is 3.51. The van der Waals surface area contributed by atoms with Gasteiger partial charge in [0.15, 0.2) is 0 Å². The molecule has 0 aromatic rings. The maximum absolute atomic E-state index is 3.35. The van der Waals surface area contributed by atoms with Crippen molar-refractivity contribution in [3.05, 3.63) is 58.9 Å². The zero-order chi connectivity index (χ0) is 9.80. The van der Waals surface area contributed by atoms with Gasteiger partial charge in [-0.3, -0.25) is 0 Å². The zero-order valence-corrected chi connectivity index (χ0v) is 11.2. The van der Waals surface area contributed by atoms with Crippen molar-refractivity contribution in [2.45, 2.75) is 12.8 Å². The monoisotopic (exact) mass is 373 g/mol. The minimum atomic E-state index is 0.903. The average molecular weight is 372 g/mol. The van der Waals surface area contributed by atoms with E-state index >= 15 is 0 Å². The second-order valence-corrected chi connectivity index (χ2v) is 5.71. The summed E-state index contributed by atoms with van der Waals surface area (Å²) in [6.45, 7) is 0.903. The van der Waals surface area contributed by atoms with E-state index in [4.69, 9.17) is 0 Å². The summed E-state index contributed by atoms with van der Waals surface area (Å²) in [7, 11) is 0. The fourth-order valence-electron chi connectivity index (χ4n) is 1.41. The van der Waals surface area contributed by atoms with Gasteiger partial charge in [-0.2, -0.15) is 0 Å². The molecule has 0 aromatic carbocycles. The summed E-state index contributed by atoms with van der Waals surface area (Å²) in [5.41, 5.74) is 2.45. The van der Waals surface area contributed by atoms with Crippen LogP contribution in [0.15, 0.2) is 46.7 Å². The zero-order valence-electron chi connectivity index (χ0n) is 7.65. The Balaban J connectivity index is 2.09. The SMILES string of the molecule is [Os]#[Si]C1=CCC=C1[C-]=CC1=CCC=[C-]1. The minimum absolute atomic E-state index is 0.903. The third-order valence-electron chi connectivity index (χ3n) is 2.14. The first-order valence-corrected chi connectivity index (χ1v) is 9.21. The third kappa shape index (κ3) is 2.32. The van der Waals surface area contributed by atoms with Crippen LogP contribution in [0.3, 0.4) is 0 Å². The molecule has 0 fully saturated rings. The Labute approximate surface area is 95.8 Å². The number of hydrogen-bond acceptors (Lipinski definition) is 0. The van der Waals surface area contributed by atoms with Crippen LogP contribution in [0.5, 0.6) is 0 Å². The number of hydrogen-bond donors (Lipinski definition) is 0. The van der Waals surface area contributed by atoms with E-state index in [1.54, 1.807) is 0 Å². The van der Waals surface area contributed by atoms with Gasteiger partial charge in [-0.1, -0.05) is 0 Å². The molecule has 0 spiro atoms. The summed E-state index contributed by atoms with van der Waals surface area (Å²) in [5.74, 6) is 0. The molecule has 0 amide bonds. The summed E-state index contributed by atoms with van der Waals surface area (Å²) in [6, 6.07) is 0. The van der Waals surface area contributed by atoms with E-state index in [1.807, 2.05) is 23.2 Å². The van der Waals surface area contributed by atoms with Crippen molar-refractivity contribution < 1.29 is 17.2 Å². The fraction of sp³-hybridized carbons (Fsp3) is 0.167. The molecule has 2 aliphatic rings. The van der Waals surface area contributed by atoms with Crippen molar-refractivity contribution in [1.82, 2.24) is 0 Å². The van der Waals surface area contributed by atoms with E-state index in [2.05, 4.69) is 36.5 Å². The van der Waals surface area contributed by atoms with Gasteiger partial charge in [0.1, 0.15) is 0 Å². The van der Waals surface area contributed by atoms with E-state index in [9.17, 15) is 0 Å². The summed E-state index contributed by atoms with van der Waals surface area (Å²) < 4.78 is 0. The van der Waals surface area contributed by atoms with Gasteiger partial charge in [0.2, 0.25) is 0 Å². The van der Waals surface area contributed by atoms with Gasteiger partial charge in [-0.15, -0.1) is 0 Å². The molecule has 0 saturated heterocycles. The molecule has 2 aliphatic carbocycles. The average Bonchev–Trinajstić information content (AvgIpc) is 2.85. The van der Waals surface area contributed by atoms with E-state index in [0.29, 0.717) is 0 Å². The molecule has 0 heterocycles. The summed E-state index contributed by atoms with van der Waals surface area (Å²) >= 11 is 2.03. The Morgan fingerprint density at radius 3 is 3.00 bits per heavy atom. The van der Waals surface area contributed by atoms with Gasteiger partial charge < -0.3 is 0 Å². The van der Waals surface area contributed by atoms with Crippen LogP contribution >= 0.6 is 0 Å². The topological polar surface area (TPSA) is 0 Å². The van der Waals surface area contributed by atoms with Crippen LogP contribution in [0.25, 0.3) is 0 Å². The molecule has 0 aromatic heterocycles. The molecular weight excluding hydrogens is 362 g/mol. The van der Waals surface area contributed by atoms with Gasteiger partial charge >= 0.3 is 95.9 Å². The molecule has 71 valence electrons. The molecule has 2 rings (SSSR count). The second-order valence-electron chi connectivity index (χ2n) is 3.09. The summed E-state index contributed by atoms with van der Waals surface area (Å²) in [6.07, 6.45) is 19.4. The number of rotatable bonds is 2. The van der Waals surface area contributed by atoms with E-state index in [1.165, 1.54) is 16.3 Å². The molecule has 0 unspecified atom stereocenters. The van der Waals surface area contributed by atoms with Crippen molar-refractivity contribution >= 4 is 7.00 Å². The summed E-state index contributed by atoms with van der Waals surface area (Å²) in [4.78, 5) is 0. The Bertz CT molecular complexity index is 428. The van der Waals surface area contributed by atoms with Gasteiger partial charge in [0.25, 0.3) is 0 Å². The molecule has 0 saturated carbocycles. The van der Waals surface area contributed by atoms with Crippen molar-refractivity contribution in [3.8, 4) is 0 Å². The van der Waals surface area contributed by atoms with Crippen LogP contribution < -0.4 is 0 Å². The first-order chi connectivity index (χ1) is 6.90. The predicted octanol–water partition coefficient (Wildman–Crippen LogP) is 2.42. The van der Waals surface area contributed by atoms with E-state index in [-0.39, 0.29) is 0 Å². The summed E-state index contributed by atoms with van der Waals surface area (Å²) in [5, 5.41) is 1.46. The second kappa shape index (κ2) is 4.87. The molecule has 0 bridgehead atoms. The quantitative estimate of drug-likeness (QED) is 0.517. The molecule has 2 heteroatoms. The van der Waals surface area contributed by atoms with E-state index < -0.39 is 0 Å². The Morgan fingerprint density at radius 1 is 1.36 bits per heavy atom. The van der Waals surface area contributed by atoms with Crippen molar-refractivity contribution in [1.29, 1.82) is 0 Å². The molecule has 0 atom stereocenters. The van der Waals surface area contributed by atoms with Crippen LogP contribution in [-0.2, 0) is 17.2 Å². The van der Waals surface area contributed by atoms with Crippen molar-refractivity contribution in [2.24, 2.45) is 0 Å². The van der Waals surface area contributed by atoms with Crippen molar-refractivity contribution in [3.63, 3.8) is 0 Å². The van der Waals surface area contributed by atoms with E-state index in [0.717, 1.165) is 19.8 Å². The number of allylic oxidation sites excluding steroid dienone is 10. The molecule has 14 heavy (non-hydrogen) atoms. The standard InChI is InChI=1S/C12H9Si.Os/c13-12-7-3-6-11(12)9-8-10-4-1-2-5-10;/h1,5-8H,2-3H2;/q-2;. The van der Waals surface area contributed by atoms with Crippen LogP contribution in [0.4, 0.5) is 0 Å². The molecular formula is C12H9OsSi-2. The molecule has 0 N–H and O–H groups in total. The third-order valence-corrected chi connectivity index (χ3v) is 4.85. The fourth-order valence-corrected chi connectivity index (χ4v) is 3.68. The molecule has 0 aliphatic heterocycles. The van der Waals surface area contributed by atoms with Gasteiger partial charge in [-0.25, -0.2) is 0 Å². The molecule has 0 radical (unpaired) electrons. The van der Waals surface area contributed by atoms with Crippen LogP contribution in [0.1, 0.15) is 12.8 Å². The normalized spacial score (nSPS) is 19.6. The van der Waals surface area contributed by atoms with Crippen LogP contribution in [-0.4, -0.2) is 7.00 Å². The molecule has 0 nitrogen and oxygen atoms in total. The van der Waals surface area contributed by atoms with Crippen molar-refractivity contribution in [2.75, 3.05) is 0 Å². The first kappa shape index (κ1) is 10.1. The Hall–Kier alpha value is -0.447. The van der Waals surface area contributed by atoms with Gasteiger partial charge in [0, 0.05) is 0 Å². The van der Waals surface area contributed by atoms with Crippen LogP contribution in [0.2, 0.25) is 0 Å². The first-order valence-electron chi connectivity index (χ1n) is 4.54. The van der Waals surface area contributed by atoms with Gasteiger partial charge in [0.05, 0.1) is 0 Å². The van der Waals surface area contributed by atoms with Gasteiger partial charge in [-0.05, 0) is 0 Å². The predicted molar refractivity (Wildman–Crippen MR) is 54.9 cm³/mol. The van der Waals surface area contributed by atoms with Crippen LogP contribution in [0, 0.1) is 12.2 Å².